The van der Waals surface area contributed by atoms with Crippen molar-refractivity contribution in [1.29, 1.82) is 0 Å². The van der Waals surface area contributed by atoms with Crippen LogP contribution in [0.4, 0.5) is 0 Å². The molecule has 1 aromatic rings. The molecule has 2 amide bonds. The number of hydrogen-bond donors (Lipinski definition) is 1. The van der Waals surface area contributed by atoms with Gasteiger partial charge in [-0.15, -0.1) is 0 Å². The zero-order valence-electron chi connectivity index (χ0n) is 12.8. The molecule has 0 saturated carbocycles. The fourth-order valence-corrected chi connectivity index (χ4v) is 3.17. The van der Waals surface area contributed by atoms with Crippen LogP contribution >= 0.6 is 11.8 Å². The summed E-state index contributed by atoms with van der Waals surface area (Å²) in [6, 6.07) is 8.97. The van der Waals surface area contributed by atoms with Gasteiger partial charge in [-0.3, -0.25) is 9.59 Å². The first-order valence-electron chi connectivity index (χ1n) is 7.23. The topological polar surface area (TPSA) is 49.4 Å². The molecule has 1 unspecified atom stereocenters. The quantitative estimate of drug-likeness (QED) is 0.849. The molecule has 1 atom stereocenters. The van der Waals surface area contributed by atoms with Crippen LogP contribution < -0.4 is 5.32 Å². The highest BCUT2D eigenvalue weighted by atomic mass is 32.2. The smallest absolute Gasteiger partial charge is 0.248 e. The molecule has 0 aromatic heterocycles. The Kier molecular flexibility index (Phi) is 4.93. The third-order valence-corrected chi connectivity index (χ3v) is 4.47. The summed E-state index contributed by atoms with van der Waals surface area (Å²) < 4.78 is 0. The van der Waals surface area contributed by atoms with Crippen molar-refractivity contribution in [3.8, 4) is 0 Å². The van der Waals surface area contributed by atoms with Gasteiger partial charge in [0.25, 0.3) is 0 Å². The molecule has 114 valence electrons. The van der Waals surface area contributed by atoms with Gasteiger partial charge >= 0.3 is 0 Å². The van der Waals surface area contributed by atoms with E-state index in [1.54, 1.807) is 30.5 Å². The van der Waals surface area contributed by atoms with Gasteiger partial charge in [-0.05, 0) is 25.2 Å². The molecule has 1 heterocycles. The van der Waals surface area contributed by atoms with Crippen LogP contribution in [0.5, 0.6) is 0 Å². The number of carbonyl (C=O) groups excluding carboxylic acids is 2. The van der Waals surface area contributed by atoms with Gasteiger partial charge < -0.3 is 10.2 Å². The van der Waals surface area contributed by atoms with Gasteiger partial charge in [-0.2, -0.15) is 11.8 Å². The van der Waals surface area contributed by atoms with Gasteiger partial charge in [0, 0.05) is 12.3 Å². The molecule has 0 spiro atoms. The number of nitrogens with zero attached hydrogens (tertiary/aromatic N) is 1. The van der Waals surface area contributed by atoms with Crippen molar-refractivity contribution < 1.29 is 9.59 Å². The number of amides is 2. The lowest BCUT2D eigenvalue weighted by molar-refractivity contribution is -0.153. The number of piperazine rings is 1. The average Bonchev–Trinajstić information content (AvgIpc) is 2.45. The molecule has 0 radical (unpaired) electrons. The molecule has 1 aliphatic heterocycles. The summed E-state index contributed by atoms with van der Waals surface area (Å²) in [5.41, 5.74) is 0.0274. The van der Waals surface area contributed by atoms with Crippen LogP contribution in [0, 0.1) is 0 Å². The number of nitrogens with one attached hydrogen (secondary N) is 1. The van der Waals surface area contributed by atoms with Crippen LogP contribution in [-0.2, 0) is 9.59 Å². The van der Waals surface area contributed by atoms with Gasteiger partial charge in [-0.1, -0.05) is 37.3 Å². The first-order chi connectivity index (χ1) is 9.97. The molecular formula is C16H22N2O2S. The van der Waals surface area contributed by atoms with Crippen molar-refractivity contribution in [3.05, 3.63) is 35.9 Å². The van der Waals surface area contributed by atoms with Crippen LogP contribution in [0.2, 0.25) is 0 Å². The second kappa shape index (κ2) is 6.52. The molecule has 4 nitrogen and oxygen atoms in total. The average molecular weight is 306 g/mol. The summed E-state index contributed by atoms with van der Waals surface area (Å²) in [6.45, 7) is 6.20. The minimum absolute atomic E-state index is 0.0207. The van der Waals surface area contributed by atoms with Gasteiger partial charge in [0.05, 0.1) is 0 Å². The zero-order valence-corrected chi connectivity index (χ0v) is 13.6. The van der Waals surface area contributed by atoms with E-state index in [0.29, 0.717) is 6.54 Å². The highest BCUT2D eigenvalue weighted by molar-refractivity contribution is 7.99. The van der Waals surface area contributed by atoms with E-state index < -0.39 is 11.6 Å². The summed E-state index contributed by atoms with van der Waals surface area (Å²) in [6.07, 6.45) is 0. The van der Waals surface area contributed by atoms with E-state index in [1.165, 1.54) is 0 Å². The number of benzene rings is 1. The van der Waals surface area contributed by atoms with E-state index in [4.69, 9.17) is 0 Å². The zero-order chi connectivity index (χ0) is 15.5. The van der Waals surface area contributed by atoms with Gasteiger partial charge in [0.1, 0.15) is 11.6 Å². The minimum atomic E-state index is -0.834. The van der Waals surface area contributed by atoms with Crippen LogP contribution in [0.1, 0.15) is 32.4 Å². The summed E-state index contributed by atoms with van der Waals surface area (Å²) in [4.78, 5) is 26.9. The Labute approximate surface area is 130 Å². The molecule has 2 rings (SSSR count). The van der Waals surface area contributed by atoms with E-state index in [1.807, 2.05) is 30.3 Å². The molecule has 1 aliphatic rings. The molecular weight excluding hydrogens is 284 g/mol. The molecule has 1 aromatic carbocycles. The van der Waals surface area contributed by atoms with Crippen LogP contribution in [-0.4, -0.2) is 40.3 Å². The van der Waals surface area contributed by atoms with Crippen LogP contribution in [0.25, 0.3) is 0 Å². The molecule has 0 aliphatic carbocycles. The Morgan fingerprint density at radius 3 is 2.52 bits per heavy atom. The molecule has 1 saturated heterocycles. The molecule has 1 N–H and O–H groups in total. The van der Waals surface area contributed by atoms with Crippen molar-refractivity contribution >= 4 is 23.6 Å². The van der Waals surface area contributed by atoms with E-state index in [0.717, 1.165) is 17.1 Å². The normalized spacial score (nSPS) is 21.3. The Morgan fingerprint density at radius 1 is 1.24 bits per heavy atom. The predicted octanol–water partition coefficient (Wildman–Crippen LogP) is 2.22. The Balaban J connectivity index is 2.30. The van der Waals surface area contributed by atoms with Crippen molar-refractivity contribution in [1.82, 2.24) is 10.2 Å². The second-order valence-corrected chi connectivity index (χ2v) is 7.02. The third-order valence-electron chi connectivity index (χ3n) is 3.59. The maximum Gasteiger partial charge on any atom is 0.248 e. The SMILES string of the molecule is CCSCCN1C(=O)C(C)(C)NC(=O)C1c1ccccc1. The number of thioether (sulfide) groups is 1. The molecule has 5 heteroatoms. The lowest BCUT2D eigenvalue weighted by atomic mass is 9.93. The summed E-state index contributed by atoms with van der Waals surface area (Å²) in [7, 11) is 0. The van der Waals surface area contributed by atoms with E-state index in [-0.39, 0.29) is 11.8 Å². The van der Waals surface area contributed by atoms with Gasteiger partial charge in [-0.25, -0.2) is 0 Å². The number of carbonyl (C=O) groups is 2. The maximum atomic E-state index is 12.7. The first kappa shape index (κ1) is 15.9. The Morgan fingerprint density at radius 2 is 1.90 bits per heavy atom. The third kappa shape index (κ3) is 3.40. The Bertz CT molecular complexity index is 516. The van der Waals surface area contributed by atoms with Crippen molar-refractivity contribution in [2.75, 3.05) is 18.1 Å². The minimum Gasteiger partial charge on any atom is -0.340 e. The molecule has 0 bridgehead atoms. The van der Waals surface area contributed by atoms with Crippen molar-refractivity contribution in [2.24, 2.45) is 0 Å². The van der Waals surface area contributed by atoms with E-state index >= 15 is 0 Å². The monoisotopic (exact) mass is 306 g/mol. The number of rotatable bonds is 5. The summed E-state index contributed by atoms with van der Waals surface area (Å²) >= 11 is 1.78. The fourth-order valence-electron chi connectivity index (χ4n) is 2.55. The highest BCUT2D eigenvalue weighted by Crippen LogP contribution is 2.29. The van der Waals surface area contributed by atoms with Gasteiger partial charge in [0.2, 0.25) is 11.8 Å². The first-order valence-corrected chi connectivity index (χ1v) is 8.38. The van der Waals surface area contributed by atoms with Crippen molar-refractivity contribution in [3.63, 3.8) is 0 Å². The largest absolute Gasteiger partial charge is 0.340 e. The van der Waals surface area contributed by atoms with Crippen molar-refractivity contribution in [2.45, 2.75) is 32.4 Å². The van der Waals surface area contributed by atoms with Gasteiger partial charge in [0.15, 0.2) is 0 Å². The maximum absolute atomic E-state index is 12.7. The molecule has 21 heavy (non-hydrogen) atoms. The fraction of sp³-hybridized carbons (Fsp3) is 0.500. The highest BCUT2D eigenvalue weighted by Gasteiger charge is 2.45. The lowest BCUT2D eigenvalue weighted by Gasteiger charge is -2.43. The molecule has 1 fully saturated rings. The van der Waals surface area contributed by atoms with Crippen LogP contribution in [0.3, 0.4) is 0 Å². The summed E-state index contributed by atoms with van der Waals surface area (Å²) in [5.74, 6) is 1.72. The van der Waals surface area contributed by atoms with E-state index in [2.05, 4.69) is 12.2 Å². The standard InChI is InChI=1S/C16H22N2O2S/c1-4-21-11-10-18-13(12-8-6-5-7-9-12)14(19)17-16(2,3)15(18)20/h5-9,13H,4,10-11H2,1-3H3,(H,17,19). The Hall–Kier alpha value is -1.49. The lowest BCUT2D eigenvalue weighted by Crippen LogP contribution is -2.65. The summed E-state index contributed by atoms with van der Waals surface area (Å²) in [5, 5.41) is 2.84. The van der Waals surface area contributed by atoms with E-state index in [9.17, 15) is 9.59 Å². The number of hydrogen-bond acceptors (Lipinski definition) is 3. The van der Waals surface area contributed by atoms with Crippen LogP contribution in [0.15, 0.2) is 30.3 Å². The predicted molar refractivity (Wildman–Crippen MR) is 86.1 cm³/mol. The second-order valence-electron chi connectivity index (χ2n) is 5.62.